The van der Waals surface area contributed by atoms with Crippen LogP contribution in [-0.4, -0.2) is 17.7 Å². The molecular formula is C14H18Cl2O3. The van der Waals surface area contributed by atoms with Crippen LogP contribution in [0.1, 0.15) is 38.4 Å². The lowest BCUT2D eigenvalue weighted by molar-refractivity contribution is -0.152. The highest BCUT2D eigenvalue weighted by atomic mass is 35.5. The molecule has 0 aliphatic carbocycles. The Morgan fingerprint density at radius 3 is 2.63 bits per heavy atom. The van der Waals surface area contributed by atoms with Gasteiger partial charge in [-0.25, -0.2) is 0 Å². The topological polar surface area (TPSA) is 46.5 Å². The molecule has 0 aliphatic heterocycles. The van der Waals surface area contributed by atoms with E-state index in [-0.39, 0.29) is 11.6 Å². The standard InChI is InChI=1S/C14H18Cl2O3/c1-3-6-10(14(18)19-4-2)13(17)9-7-5-8-11(15)12(9)16/h5,7-8,10,13,17H,3-4,6H2,1-2H3. The fourth-order valence-corrected chi connectivity index (χ4v) is 2.35. The molecule has 0 saturated heterocycles. The molecule has 1 rings (SSSR count). The first-order valence-electron chi connectivity index (χ1n) is 6.31. The van der Waals surface area contributed by atoms with Gasteiger partial charge < -0.3 is 9.84 Å². The smallest absolute Gasteiger partial charge is 0.311 e. The maximum absolute atomic E-state index is 11.9. The van der Waals surface area contributed by atoms with Gasteiger partial charge >= 0.3 is 5.97 Å². The molecule has 0 aromatic heterocycles. The first-order valence-corrected chi connectivity index (χ1v) is 7.07. The van der Waals surface area contributed by atoms with Gasteiger partial charge in [-0.1, -0.05) is 48.7 Å². The molecule has 0 spiro atoms. The minimum atomic E-state index is -1.01. The highest BCUT2D eigenvalue weighted by molar-refractivity contribution is 6.42. The van der Waals surface area contributed by atoms with Gasteiger partial charge in [0.2, 0.25) is 0 Å². The van der Waals surface area contributed by atoms with Gasteiger partial charge in [-0.3, -0.25) is 4.79 Å². The van der Waals surface area contributed by atoms with E-state index >= 15 is 0 Å². The van der Waals surface area contributed by atoms with Crippen molar-refractivity contribution in [2.75, 3.05) is 6.61 Å². The predicted octanol–water partition coefficient (Wildman–Crippen LogP) is 4.01. The highest BCUT2D eigenvalue weighted by Crippen LogP contribution is 2.35. The predicted molar refractivity (Wildman–Crippen MR) is 76.5 cm³/mol. The number of hydrogen-bond acceptors (Lipinski definition) is 3. The van der Waals surface area contributed by atoms with Crippen LogP contribution >= 0.6 is 23.2 Å². The second-order valence-corrected chi connectivity index (χ2v) is 5.02. The van der Waals surface area contributed by atoms with Gasteiger partial charge in [0.1, 0.15) is 0 Å². The minimum Gasteiger partial charge on any atom is -0.466 e. The Morgan fingerprint density at radius 2 is 2.05 bits per heavy atom. The van der Waals surface area contributed by atoms with E-state index in [4.69, 9.17) is 27.9 Å². The largest absolute Gasteiger partial charge is 0.466 e. The number of aliphatic hydroxyl groups is 1. The Balaban J connectivity index is 3.01. The Kier molecular flexibility index (Phi) is 6.63. The van der Waals surface area contributed by atoms with Crippen molar-refractivity contribution < 1.29 is 14.6 Å². The molecule has 2 atom stereocenters. The summed E-state index contributed by atoms with van der Waals surface area (Å²) in [7, 11) is 0. The van der Waals surface area contributed by atoms with Crippen LogP contribution in [0.25, 0.3) is 0 Å². The van der Waals surface area contributed by atoms with Crippen molar-refractivity contribution >= 4 is 29.2 Å². The number of carbonyl (C=O) groups is 1. The van der Waals surface area contributed by atoms with E-state index in [2.05, 4.69) is 0 Å². The second kappa shape index (κ2) is 7.73. The number of carbonyl (C=O) groups excluding carboxylic acids is 1. The lowest BCUT2D eigenvalue weighted by atomic mass is 9.92. The van der Waals surface area contributed by atoms with Crippen LogP contribution in [0, 0.1) is 5.92 Å². The second-order valence-electron chi connectivity index (χ2n) is 4.24. The van der Waals surface area contributed by atoms with E-state index in [1.54, 1.807) is 25.1 Å². The molecule has 5 heteroatoms. The Hall–Kier alpha value is -0.770. The third-order valence-electron chi connectivity index (χ3n) is 2.87. The van der Waals surface area contributed by atoms with E-state index in [0.29, 0.717) is 17.0 Å². The summed E-state index contributed by atoms with van der Waals surface area (Å²) >= 11 is 12.0. The number of rotatable bonds is 6. The van der Waals surface area contributed by atoms with Gasteiger partial charge in [0.05, 0.1) is 28.7 Å². The van der Waals surface area contributed by atoms with Crippen molar-refractivity contribution in [1.82, 2.24) is 0 Å². The molecule has 19 heavy (non-hydrogen) atoms. The molecule has 0 saturated carbocycles. The zero-order valence-corrected chi connectivity index (χ0v) is 12.5. The molecule has 3 nitrogen and oxygen atoms in total. The first kappa shape index (κ1) is 16.3. The SMILES string of the molecule is CCCC(C(=O)OCC)C(O)c1cccc(Cl)c1Cl. The van der Waals surface area contributed by atoms with E-state index in [1.807, 2.05) is 6.92 Å². The molecule has 0 heterocycles. The Labute approximate surface area is 123 Å². The molecule has 1 N–H and O–H groups in total. The number of halogens is 2. The maximum Gasteiger partial charge on any atom is 0.311 e. The van der Waals surface area contributed by atoms with Gasteiger partial charge in [-0.2, -0.15) is 0 Å². The molecular weight excluding hydrogens is 287 g/mol. The number of benzene rings is 1. The number of ether oxygens (including phenoxy) is 1. The highest BCUT2D eigenvalue weighted by Gasteiger charge is 2.30. The zero-order chi connectivity index (χ0) is 14.4. The molecule has 0 fully saturated rings. The molecule has 1 aromatic carbocycles. The van der Waals surface area contributed by atoms with E-state index in [9.17, 15) is 9.90 Å². The maximum atomic E-state index is 11.9. The number of esters is 1. The van der Waals surface area contributed by atoms with Gasteiger partial charge in [0.25, 0.3) is 0 Å². The van der Waals surface area contributed by atoms with Gasteiger partial charge in [-0.05, 0) is 19.4 Å². The summed E-state index contributed by atoms with van der Waals surface area (Å²) in [5.41, 5.74) is 0.459. The lowest BCUT2D eigenvalue weighted by Crippen LogP contribution is -2.24. The van der Waals surface area contributed by atoms with E-state index in [1.165, 1.54) is 0 Å². The van der Waals surface area contributed by atoms with Crippen LogP contribution in [0.4, 0.5) is 0 Å². The summed E-state index contributed by atoms with van der Waals surface area (Å²) in [5, 5.41) is 11.0. The van der Waals surface area contributed by atoms with Crippen molar-refractivity contribution in [3.8, 4) is 0 Å². The quantitative estimate of drug-likeness (QED) is 0.808. The van der Waals surface area contributed by atoms with E-state index in [0.717, 1.165) is 6.42 Å². The van der Waals surface area contributed by atoms with Crippen LogP contribution in [0.2, 0.25) is 10.0 Å². The van der Waals surface area contributed by atoms with Crippen LogP contribution in [0.5, 0.6) is 0 Å². The number of aliphatic hydroxyl groups excluding tert-OH is 1. The first-order chi connectivity index (χ1) is 9.02. The molecule has 0 radical (unpaired) electrons. The normalized spacial score (nSPS) is 13.9. The van der Waals surface area contributed by atoms with Crippen LogP contribution in [0.15, 0.2) is 18.2 Å². The summed E-state index contributed by atoms with van der Waals surface area (Å²) in [5.74, 6) is -1.03. The van der Waals surface area contributed by atoms with Crippen LogP contribution in [-0.2, 0) is 9.53 Å². The summed E-state index contributed by atoms with van der Waals surface area (Å²) in [6.07, 6.45) is 0.284. The average Bonchev–Trinajstić information content (AvgIpc) is 2.38. The monoisotopic (exact) mass is 304 g/mol. The van der Waals surface area contributed by atoms with Crippen LogP contribution < -0.4 is 0 Å². The summed E-state index contributed by atoms with van der Waals surface area (Å²) in [4.78, 5) is 11.9. The van der Waals surface area contributed by atoms with Gasteiger partial charge in [0.15, 0.2) is 0 Å². The molecule has 106 valence electrons. The van der Waals surface area contributed by atoms with Crippen LogP contribution in [0.3, 0.4) is 0 Å². The zero-order valence-electron chi connectivity index (χ0n) is 11.0. The fraction of sp³-hybridized carbons (Fsp3) is 0.500. The van der Waals surface area contributed by atoms with E-state index < -0.39 is 18.0 Å². The van der Waals surface area contributed by atoms with Crippen molar-refractivity contribution in [2.45, 2.75) is 32.8 Å². The Bertz CT molecular complexity index is 435. The van der Waals surface area contributed by atoms with Gasteiger partial charge in [0, 0.05) is 5.56 Å². The number of hydrogen-bond donors (Lipinski definition) is 1. The molecule has 0 aliphatic rings. The fourth-order valence-electron chi connectivity index (χ4n) is 1.93. The Morgan fingerprint density at radius 1 is 1.37 bits per heavy atom. The third-order valence-corrected chi connectivity index (χ3v) is 3.70. The third kappa shape index (κ3) is 4.10. The molecule has 1 aromatic rings. The minimum absolute atomic E-state index is 0.280. The molecule has 0 bridgehead atoms. The molecule has 0 amide bonds. The summed E-state index contributed by atoms with van der Waals surface area (Å²) < 4.78 is 4.99. The van der Waals surface area contributed by atoms with Crippen molar-refractivity contribution in [2.24, 2.45) is 5.92 Å². The van der Waals surface area contributed by atoms with Gasteiger partial charge in [-0.15, -0.1) is 0 Å². The van der Waals surface area contributed by atoms with Crippen molar-refractivity contribution in [3.05, 3.63) is 33.8 Å². The molecule has 2 unspecified atom stereocenters. The average molecular weight is 305 g/mol. The lowest BCUT2D eigenvalue weighted by Gasteiger charge is -2.22. The summed E-state index contributed by atoms with van der Waals surface area (Å²) in [6, 6.07) is 5.00. The summed E-state index contributed by atoms with van der Waals surface area (Å²) in [6.45, 7) is 3.97. The van der Waals surface area contributed by atoms with Crippen molar-refractivity contribution in [3.63, 3.8) is 0 Å². The van der Waals surface area contributed by atoms with Crippen molar-refractivity contribution in [1.29, 1.82) is 0 Å².